The number of piperidine rings is 1. The van der Waals surface area contributed by atoms with Gasteiger partial charge in [-0.3, -0.25) is 9.69 Å². The van der Waals surface area contributed by atoms with Gasteiger partial charge in [0.2, 0.25) is 5.91 Å². The molecule has 1 fully saturated rings. The number of likely N-dealkylation sites (tertiary alicyclic amines) is 1. The highest BCUT2D eigenvalue weighted by molar-refractivity contribution is 5.81. The molecule has 0 aromatic rings. The Labute approximate surface area is 124 Å². The first-order valence-corrected chi connectivity index (χ1v) is 8.10. The van der Waals surface area contributed by atoms with Gasteiger partial charge in [-0.25, -0.2) is 0 Å². The van der Waals surface area contributed by atoms with Crippen molar-refractivity contribution in [3.63, 3.8) is 0 Å². The van der Waals surface area contributed by atoms with Crippen molar-refractivity contribution in [3.8, 4) is 0 Å². The second-order valence-corrected chi connectivity index (χ2v) is 7.10. The SMILES string of the molecule is CCCNC(=O)C(C)N1CCCC(CNC(C)(C)C)C1. The van der Waals surface area contributed by atoms with Crippen molar-refractivity contribution in [2.45, 2.75) is 65.5 Å². The van der Waals surface area contributed by atoms with Crippen LogP contribution in [0.15, 0.2) is 0 Å². The zero-order valence-corrected chi connectivity index (χ0v) is 14.0. The maximum absolute atomic E-state index is 12.1. The van der Waals surface area contributed by atoms with Gasteiger partial charge in [0.05, 0.1) is 6.04 Å². The van der Waals surface area contributed by atoms with Gasteiger partial charge in [-0.1, -0.05) is 6.92 Å². The van der Waals surface area contributed by atoms with E-state index in [0.29, 0.717) is 5.92 Å². The van der Waals surface area contributed by atoms with Crippen molar-refractivity contribution >= 4 is 5.91 Å². The summed E-state index contributed by atoms with van der Waals surface area (Å²) >= 11 is 0. The molecule has 2 atom stereocenters. The Kier molecular flexibility index (Phi) is 6.96. The topological polar surface area (TPSA) is 44.4 Å². The average Bonchev–Trinajstić information content (AvgIpc) is 2.41. The van der Waals surface area contributed by atoms with Crippen LogP contribution in [-0.2, 0) is 4.79 Å². The number of hydrogen-bond donors (Lipinski definition) is 2. The van der Waals surface area contributed by atoms with Gasteiger partial charge >= 0.3 is 0 Å². The smallest absolute Gasteiger partial charge is 0.237 e. The molecule has 2 N–H and O–H groups in total. The Morgan fingerprint density at radius 2 is 2.10 bits per heavy atom. The summed E-state index contributed by atoms with van der Waals surface area (Å²) in [4.78, 5) is 14.4. The summed E-state index contributed by atoms with van der Waals surface area (Å²) in [7, 11) is 0. The molecule has 0 radical (unpaired) electrons. The third-order valence-electron chi connectivity index (χ3n) is 3.95. The van der Waals surface area contributed by atoms with Gasteiger partial charge in [0, 0.05) is 18.6 Å². The third kappa shape index (κ3) is 6.23. The first-order chi connectivity index (χ1) is 9.33. The lowest BCUT2D eigenvalue weighted by molar-refractivity contribution is -0.126. The second-order valence-electron chi connectivity index (χ2n) is 7.10. The summed E-state index contributed by atoms with van der Waals surface area (Å²) in [6, 6.07) is -0.000938. The molecule has 1 amide bonds. The van der Waals surface area contributed by atoms with Crippen LogP contribution in [0.1, 0.15) is 53.9 Å². The molecule has 4 heteroatoms. The zero-order chi connectivity index (χ0) is 15.2. The van der Waals surface area contributed by atoms with Gasteiger partial charge in [-0.05, 0) is 66.0 Å². The highest BCUT2D eigenvalue weighted by Crippen LogP contribution is 2.18. The Bertz CT molecular complexity index is 299. The van der Waals surface area contributed by atoms with Crippen molar-refractivity contribution in [2.24, 2.45) is 5.92 Å². The van der Waals surface area contributed by atoms with E-state index in [4.69, 9.17) is 0 Å². The third-order valence-corrected chi connectivity index (χ3v) is 3.95. The Balaban J connectivity index is 2.41. The number of hydrogen-bond acceptors (Lipinski definition) is 3. The molecule has 0 spiro atoms. The van der Waals surface area contributed by atoms with E-state index < -0.39 is 0 Å². The fourth-order valence-corrected chi connectivity index (χ4v) is 2.63. The van der Waals surface area contributed by atoms with Crippen molar-refractivity contribution in [2.75, 3.05) is 26.2 Å². The molecule has 1 saturated heterocycles. The molecule has 1 aliphatic rings. The van der Waals surface area contributed by atoms with E-state index in [1.54, 1.807) is 0 Å². The molecular formula is C16H33N3O. The molecule has 20 heavy (non-hydrogen) atoms. The molecule has 0 aliphatic carbocycles. The Morgan fingerprint density at radius 1 is 1.40 bits per heavy atom. The maximum Gasteiger partial charge on any atom is 0.237 e. The van der Waals surface area contributed by atoms with Crippen LogP contribution in [0.5, 0.6) is 0 Å². The standard InChI is InChI=1S/C16H33N3O/c1-6-9-17-15(20)13(2)19-10-7-8-14(12-19)11-18-16(3,4)5/h13-14,18H,6-12H2,1-5H3,(H,17,20). The van der Waals surface area contributed by atoms with E-state index >= 15 is 0 Å². The first-order valence-electron chi connectivity index (χ1n) is 8.10. The van der Waals surface area contributed by atoms with E-state index in [9.17, 15) is 4.79 Å². The molecule has 4 nitrogen and oxygen atoms in total. The summed E-state index contributed by atoms with van der Waals surface area (Å²) in [5, 5.41) is 6.59. The van der Waals surface area contributed by atoms with Crippen molar-refractivity contribution in [1.82, 2.24) is 15.5 Å². The van der Waals surface area contributed by atoms with E-state index in [1.165, 1.54) is 12.8 Å². The summed E-state index contributed by atoms with van der Waals surface area (Å²) in [6.45, 7) is 14.6. The molecule has 0 aromatic heterocycles. The first kappa shape index (κ1) is 17.4. The van der Waals surface area contributed by atoms with E-state index in [0.717, 1.165) is 32.6 Å². The van der Waals surface area contributed by atoms with E-state index in [-0.39, 0.29) is 17.5 Å². The zero-order valence-electron chi connectivity index (χ0n) is 14.0. The van der Waals surface area contributed by atoms with Gasteiger partial charge < -0.3 is 10.6 Å². The van der Waals surface area contributed by atoms with Crippen LogP contribution < -0.4 is 10.6 Å². The van der Waals surface area contributed by atoms with Crippen LogP contribution in [0.4, 0.5) is 0 Å². The summed E-state index contributed by atoms with van der Waals surface area (Å²) in [6.07, 6.45) is 3.46. The minimum absolute atomic E-state index is 0.000938. The van der Waals surface area contributed by atoms with Crippen molar-refractivity contribution < 1.29 is 4.79 Å². The minimum Gasteiger partial charge on any atom is -0.355 e. The van der Waals surface area contributed by atoms with E-state index in [1.807, 2.05) is 6.92 Å². The minimum atomic E-state index is -0.000938. The number of carbonyl (C=O) groups is 1. The number of nitrogens with one attached hydrogen (secondary N) is 2. The fraction of sp³-hybridized carbons (Fsp3) is 0.938. The molecular weight excluding hydrogens is 250 g/mol. The van der Waals surface area contributed by atoms with Crippen LogP contribution >= 0.6 is 0 Å². The Hall–Kier alpha value is -0.610. The lowest BCUT2D eigenvalue weighted by atomic mass is 9.95. The van der Waals surface area contributed by atoms with Gasteiger partial charge in [-0.15, -0.1) is 0 Å². The number of carbonyl (C=O) groups excluding carboxylic acids is 1. The van der Waals surface area contributed by atoms with Crippen LogP contribution in [0.2, 0.25) is 0 Å². The maximum atomic E-state index is 12.1. The van der Waals surface area contributed by atoms with Crippen molar-refractivity contribution in [1.29, 1.82) is 0 Å². The molecule has 1 rings (SSSR count). The quantitative estimate of drug-likeness (QED) is 0.784. The van der Waals surface area contributed by atoms with Crippen LogP contribution in [0.3, 0.4) is 0 Å². The number of nitrogens with zero attached hydrogens (tertiary/aromatic N) is 1. The van der Waals surface area contributed by atoms with Crippen LogP contribution in [0, 0.1) is 5.92 Å². The highest BCUT2D eigenvalue weighted by Gasteiger charge is 2.27. The normalized spacial score (nSPS) is 22.6. The monoisotopic (exact) mass is 283 g/mol. The summed E-state index contributed by atoms with van der Waals surface area (Å²) < 4.78 is 0. The van der Waals surface area contributed by atoms with Gasteiger partial charge in [0.15, 0.2) is 0 Å². The molecule has 2 unspecified atom stereocenters. The predicted octanol–water partition coefficient (Wildman–Crippen LogP) is 2.00. The molecule has 0 aromatic carbocycles. The largest absolute Gasteiger partial charge is 0.355 e. The van der Waals surface area contributed by atoms with Crippen molar-refractivity contribution in [3.05, 3.63) is 0 Å². The number of rotatable bonds is 6. The van der Waals surface area contributed by atoms with Crippen LogP contribution in [-0.4, -0.2) is 48.6 Å². The van der Waals surface area contributed by atoms with Gasteiger partial charge in [0.25, 0.3) is 0 Å². The fourth-order valence-electron chi connectivity index (χ4n) is 2.63. The molecule has 1 aliphatic heterocycles. The Morgan fingerprint density at radius 3 is 2.70 bits per heavy atom. The number of amides is 1. The molecule has 0 bridgehead atoms. The lowest BCUT2D eigenvalue weighted by Crippen LogP contribution is -2.51. The van der Waals surface area contributed by atoms with E-state index in [2.05, 4.69) is 43.2 Å². The van der Waals surface area contributed by atoms with Crippen LogP contribution in [0.25, 0.3) is 0 Å². The summed E-state index contributed by atoms with van der Waals surface area (Å²) in [5.74, 6) is 0.834. The summed E-state index contributed by atoms with van der Waals surface area (Å²) in [5.41, 5.74) is 0.173. The second kappa shape index (κ2) is 7.99. The molecule has 0 saturated carbocycles. The average molecular weight is 283 g/mol. The van der Waals surface area contributed by atoms with Gasteiger partial charge in [-0.2, -0.15) is 0 Å². The predicted molar refractivity (Wildman–Crippen MR) is 84.8 cm³/mol. The highest BCUT2D eigenvalue weighted by atomic mass is 16.2. The molecule has 118 valence electrons. The molecule has 1 heterocycles. The lowest BCUT2D eigenvalue weighted by Gasteiger charge is -2.37. The van der Waals surface area contributed by atoms with Gasteiger partial charge in [0.1, 0.15) is 0 Å².